The summed E-state index contributed by atoms with van der Waals surface area (Å²) in [5.41, 5.74) is 0.608. The number of piperazine rings is 1. The molecule has 0 aromatic carbocycles. The van der Waals surface area contributed by atoms with Crippen LogP contribution in [0.3, 0.4) is 0 Å². The molecule has 120 valence electrons. The summed E-state index contributed by atoms with van der Waals surface area (Å²) in [6.45, 7) is 3.37. The number of aromatic nitrogens is 3. The van der Waals surface area contributed by atoms with Crippen LogP contribution in [0.25, 0.3) is 0 Å². The number of carbonyl (C=O) groups is 1. The molecule has 0 aliphatic carbocycles. The maximum atomic E-state index is 11.1. The molecule has 0 atom stereocenters. The number of nitrogens with zero attached hydrogens (tertiary/aromatic N) is 5. The lowest BCUT2D eigenvalue weighted by Crippen LogP contribution is -2.47. The van der Waals surface area contributed by atoms with E-state index in [1.807, 2.05) is 18.2 Å². The molecule has 1 N–H and O–H groups in total. The SMILES string of the molecule is COC(=O)Nc1ccc(N2CCN(c3ncccn3)CC2)nc1. The third-order valence-electron chi connectivity index (χ3n) is 3.62. The first-order valence-corrected chi connectivity index (χ1v) is 7.34. The number of amides is 1. The van der Waals surface area contributed by atoms with Gasteiger partial charge in [-0.15, -0.1) is 0 Å². The number of anilines is 3. The minimum absolute atomic E-state index is 0.504. The highest BCUT2D eigenvalue weighted by Gasteiger charge is 2.19. The highest BCUT2D eigenvalue weighted by atomic mass is 16.5. The van der Waals surface area contributed by atoms with Gasteiger partial charge in [0.05, 0.1) is 19.0 Å². The van der Waals surface area contributed by atoms with Crippen LogP contribution in [0, 0.1) is 0 Å². The van der Waals surface area contributed by atoms with E-state index in [2.05, 4.69) is 34.8 Å². The second kappa shape index (κ2) is 6.91. The molecule has 2 aromatic heterocycles. The number of nitrogens with one attached hydrogen (secondary N) is 1. The second-order valence-corrected chi connectivity index (χ2v) is 5.04. The molecule has 0 unspecified atom stereocenters. The zero-order chi connectivity index (χ0) is 16.1. The van der Waals surface area contributed by atoms with Gasteiger partial charge in [-0.25, -0.2) is 19.7 Å². The quantitative estimate of drug-likeness (QED) is 0.916. The zero-order valence-electron chi connectivity index (χ0n) is 12.8. The van der Waals surface area contributed by atoms with Crippen molar-refractivity contribution in [2.75, 3.05) is 48.4 Å². The van der Waals surface area contributed by atoms with Gasteiger partial charge in [0.2, 0.25) is 5.95 Å². The molecule has 8 heteroatoms. The van der Waals surface area contributed by atoms with Crippen LogP contribution in [0.15, 0.2) is 36.8 Å². The molecule has 8 nitrogen and oxygen atoms in total. The summed E-state index contributed by atoms with van der Waals surface area (Å²) >= 11 is 0. The van der Waals surface area contributed by atoms with Crippen molar-refractivity contribution in [1.82, 2.24) is 15.0 Å². The first kappa shape index (κ1) is 15.0. The van der Waals surface area contributed by atoms with Crippen molar-refractivity contribution in [3.63, 3.8) is 0 Å². The van der Waals surface area contributed by atoms with Crippen LogP contribution >= 0.6 is 0 Å². The second-order valence-electron chi connectivity index (χ2n) is 5.04. The number of carbonyl (C=O) groups excluding carboxylic acids is 1. The van der Waals surface area contributed by atoms with Gasteiger partial charge in [-0.05, 0) is 18.2 Å². The minimum atomic E-state index is -0.504. The zero-order valence-corrected chi connectivity index (χ0v) is 12.8. The van der Waals surface area contributed by atoms with E-state index in [0.29, 0.717) is 5.69 Å². The van der Waals surface area contributed by atoms with Crippen LogP contribution < -0.4 is 15.1 Å². The molecule has 0 radical (unpaired) electrons. The van der Waals surface area contributed by atoms with E-state index in [1.54, 1.807) is 18.6 Å². The Morgan fingerprint density at radius 2 is 1.78 bits per heavy atom. The number of hydrogen-bond donors (Lipinski definition) is 1. The molecule has 1 aliphatic rings. The lowest BCUT2D eigenvalue weighted by Gasteiger charge is -2.35. The number of ether oxygens (including phenoxy) is 1. The van der Waals surface area contributed by atoms with Gasteiger partial charge in [0.15, 0.2) is 0 Å². The minimum Gasteiger partial charge on any atom is -0.453 e. The molecule has 1 aliphatic heterocycles. The molecule has 0 spiro atoms. The first-order valence-electron chi connectivity index (χ1n) is 7.34. The summed E-state index contributed by atoms with van der Waals surface area (Å²) in [6, 6.07) is 5.51. The molecule has 2 aromatic rings. The molecule has 3 heterocycles. The molecule has 1 fully saturated rings. The van der Waals surface area contributed by atoms with Gasteiger partial charge < -0.3 is 14.5 Å². The van der Waals surface area contributed by atoms with Gasteiger partial charge in [-0.1, -0.05) is 0 Å². The predicted octanol–water partition coefficient (Wildman–Crippen LogP) is 1.38. The third kappa shape index (κ3) is 3.65. The van der Waals surface area contributed by atoms with E-state index in [9.17, 15) is 4.79 Å². The number of pyridine rings is 1. The normalized spacial score (nSPS) is 14.5. The average molecular weight is 314 g/mol. The maximum absolute atomic E-state index is 11.1. The Labute approximate surface area is 134 Å². The standard InChI is InChI=1S/C15H18N6O2/c1-23-15(22)19-12-3-4-13(18-11-12)20-7-9-21(10-8-20)14-16-5-2-6-17-14/h2-6,11H,7-10H2,1H3,(H,19,22). The first-order chi connectivity index (χ1) is 11.3. The Balaban J connectivity index is 1.58. The molecule has 1 saturated heterocycles. The van der Waals surface area contributed by atoms with Crippen molar-refractivity contribution in [2.45, 2.75) is 0 Å². The molecular weight excluding hydrogens is 296 g/mol. The van der Waals surface area contributed by atoms with E-state index in [1.165, 1.54) is 7.11 Å². The van der Waals surface area contributed by atoms with Crippen LogP contribution in [0.1, 0.15) is 0 Å². The largest absolute Gasteiger partial charge is 0.453 e. The van der Waals surface area contributed by atoms with E-state index >= 15 is 0 Å². The molecule has 0 saturated carbocycles. The molecule has 3 rings (SSSR count). The van der Waals surface area contributed by atoms with Crippen molar-refractivity contribution in [2.24, 2.45) is 0 Å². The van der Waals surface area contributed by atoms with Crippen molar-refractivity contribution in [1.29, 1.82) is 0 Å². The molecular formula is C15H18N6O2. The third-order valence-corrected chi connectivity index (χ3v) is 3.62. The van der Waals surface area contributed by atoms with Gasteiger partial charge in [0.25, 0.3) is 0 Å². The Kier molecular flexibility index (Phi) is 4.51. The van der Waals surface area contributed by atoms with E-state index in [-0.39, 0.29) is 0 Å². The topological polar surface area (TPSA) is 83.5 Å². The van der Waals surface area contributed by atoms with Crippen LogP contribution in [-0.4, -0.2) is 54.3 Å². The number of rotatable bonds is 3. The Morgan fingerprint density at radius 3 is 2.39 bits per heavy atom. The van der Waals surface area contributed by atoms with E-state index < -0.39 is 6.09 Å². The summed E-state index contributed by atoms with van der Waals surface area (Å²) in [4.78, 5) is 28.4. The highest BCUT2D eigenvalue weighted by Crippen LogP contribution is 2.17. The van der Waals surface area contributed by atoms with Gasteiger partial charge in [0.1, 0.15) is 5.82 Å². The van der Waals surface area contributed by atoms with Crippen molar-refractivity contribution < 1.29 is 9.53 Å². The lowest BCUT2D eigenvalue weighted by atomic mass is 10.3. The van der Waals surface area contributed by atoms with Crippen LogP contribution in [-0.2, 0) is 4.74 Å². The summed E-state index contributed by atoms with van der Waals surface area (Å²) in [6.07, 6.45) is 4.63. The van der Waals surface area contributed by atoms with Crippen LogP contribution in [0.4, 0.5) is 22.2 Å². The Bertz CT molecular complexity index is 641. The van der Waals surface area contributed by atoms with Crippen molar-refractivity contribution >= 4 is 23.5 Å². The Morgan fingerprint density at radius 1 is 1.09 bits per heavy atom. The maximum Gasteiger partial charge on any atom is 0.411 e. The van der Waals surface area contributed by atoms with Crippen molar-refractivity contribution in [3.8, 4) is 0 Å². The van der Waals surface area contributed by atoms with E-state index in [0.717, 1.165) is 37.9 Å². The lowest BCUT2D eigenvalue weighted by molar-refractivity contribution is 0.187. The van der Waals surface area contributed by atoms with Crippen LogP contribution in [0.5, 0.6) is 0 Å². The van der Waals surface area contributed by atoms with Gasteiger partial charge in [0, 0.05) is 38.6 Å². The number of hydrogen-bond acceptors (Lipinski definition) is 7. The summed E-state index contributed by atoms with van der Waals surface area (Å²) in [5, 5.41) is 2.58. The molecule has 1 amide bonds. The van der Waals surface area contributed by atoms with Crippen LogP contribution in [0.2, 0.25) is 0 Å². The fraction of sp³-hybridized carbons (Fsp3) is 0.333. The van der Waals surface area contributed by atoms with Crippen molar-refractivity contribution in [3.05, 3.63) is 36.8 Å². The predicted molar refractivity (Wildman–Crippen MR) is 86.7 cm³/mol. The van der Waals surface area contributed by atoms with E-state index in [4.69, 9.17) is 0 Å². The smallest absolute Gasteiger partial charge is 0.411 e. The summed E-state index contributed by atoms with van der Waals surface area (Å²) in [5.74, 6) is 1.65. The highest BCUT2D eigenvalue weighted by molar-refractivity contribution is 5.84. The average Bonchev–Trinajstić information content (AvgIpc) is 2.63. The fourth-order valence-electron chi connectivity index (χ4n) is 2.41. The van der Waals surface area contributed by atoms with Gasteiger partial charge in [-0.2, -0.15) is 0 Å². The summed E-state index contributed by atoms with van der Waals surface area (Å²) < 4.78 is 4.55. The number of methoxy groups -OCH3 is 1. The van der Waals surface area contributed by atoms with Gasteiger partial charge in [-0.3, -0.25) is 5.32 Å². The van der Waals surface area contributed by atoms with Gasteiger partial charge >= 0.3 is 6.09 Å². The monoisotopic (exact) mass is 314 g/mol. The fourth-order valence-corrected chi connectivity index (χ4v) is 2.41. The summed E-state index contributed by atoms with van der Waals surface area (Å²) in [7, 11) is 1.33. The molecule has 0 bridgehead atoms. The molecule has 23 heavy (non-hydrogen) atoms. The Hall–Kier alpha value is -2.90.